The summed E-state index contributed by atoms with van der Waals surface area (Å²) in [5.74, 6) is -2.07. The van der Waals surface area contributed by atoms with Crippen LogP contribution in [0.25, 0.3) is 0 Å². The fourth-order valence-electron chi connectivity index (χ4n) is 1.85. The summed E-state index contributed by atoms with van der Waals surface area (Å²) < 4.78 is 53.1. The summed E-state index contributed by atoms with van der Waals surface area (Å²) in [7, 11) is 0. The molecule has 0 aliphatic carbocycles. The highest BCUT2D eigenvalue weighted by atomic mass is 19.4. The zero-order valence-electron chi connectivity index (χ0n) is 9.71. The molecule has 1 heterocycles. The molecule has 7 heteroatoms. The normalized spacial score (nSPS) is 17.7. The number of carbonyl (C=O) groups excluding carboxylic acids is 1. The molecule has 0 saturated carbocycles. The van der Waals surface area contributed by atoms with Crippen LogP contribution in [-0.4, -0.2) is 30.6 Å². The van der Waals surface area contributed by atoms with Crippen LogP contribution in [0.4, 0.5) is 17.6 Å². The first kappa shape index (κ1) is 13.8. The lowest BCUT2D eigenvalue weighted by Gasteiger charge is -2.35. The molecular formula is C12H10F4NO2. The van der Waals surface area contributed by atoms with Gasteiger partial charge in [-0.15, -0.1) is 13.2 Å². The highest BCUT2D eigenvalue weighted by Gasteiger charge is 2.33. The van der Waals surface area contributed by atoms with Crippen molar-refractivity contribution in [1.82, 2.24) is 4.90 Å². The van der Waals surface area contributed by atoms with E-state index in [1.54, 1.807) is 11.2 Å². The molecule has 1 fully saturated rings. The second-order valence-corrected chi connectivity index (χ2v) is 4.15. The first-order valence-electron chi connectivity index (χ1n) is 5.57. The number of hydrogen-bond acceptors (Lipinski definition) is 3. The molecule has 0 N–H and O–H groups in total. The molecule has 1 aromatic carbocycles. The van der Waals surface area contributed by atoms with Gasteiger partial charge >= 0.3 is 6.36 Å². The minimum Gasteiger partial charge on any atom is -0.403 e. The van der Waals surface area contributed by atoms with Crippen LogP contribution in [0.1, 0.15) is 18.0 Å². The molecule has 0 bridgehead atoms. The van der Waals surface area contributed by atoms with E-state index < -0.39 is 24.0 Å². The van der Waals surface area contributed by atoms with Gasteiger partial charge in [-0.05, 0) is 24.1 Å². The van der Waals surface area contributed by atoms with E-state index in [1.165, 1.54) is 6.07 Å². The van der Waals surface area contributed by atoms with Crippen LogP contribution in [0.3, 0.4) is 0 Å². The van der Waals surface area contributed by atoms with Crippen LogP contribution in [0.5, 0.6) is 5.75 Å². The van der Waals surface area contributed by atoms with Crippen molar-refractivity contribution in [3.63, 3.8) is 0 Å². The van der Waals surface area contributed by atoms with Gasteiger partial charge in [0.05, 0.1) is 0 Å². The maximum absolute atomic E-state index is 13.2. The molecule has 0 amide bonds. The molecule has 1 saturated heterocycles. The minimum atomic E-state index is -4.98. The number of benzene rings is 1. The topological polar surface area (TPSA) is 29.5 Å². The van der Waals surface area contributed by atoms with Crippen molar-refractivity contribution in [2.24, 2.45) is 0 Å². The van der Waals surface area contributed by atoms with Gasteiger partial charge in [0, 0.05) is 13.1 Å². The minimum absolute atomic E-state index is 0.232. The Labute approximate surface area is 106 Å². The Morgan fingerprint density at radius 1 is 1.32 bits per heavy atom. The fourth-order valence-corrected chi connectivity index (χ4v) is 1.85. The van der Waals surface area contributed by atoms with Gasteiger partial charge in [0.15, 0.2) is 11.6 Å². The summed E-state index contributed by atoms with van der Waals surface area (Å²) in [4.78, 5) is 12.6. The lowest BCUT2D eigenvalue weighted by Crippen LogP contribution is -2.40. The molecule has 19 heavy (non-hydrogen) atoms. The van der Waals surface area contributed by atoms with Crippen molar-refractivity contribution in [3.05, 3.63) is 29.6 Å². The van der Waals surface area contributed by atoms with Crippen molar-refractivity contribution in [3.8, 4) is 5.75 Å². The molecule has 103 valence electrons. The first-order valence-corrected chi connectivity index (χ1v) is 5.57. The van der Waals surface area contributed by atoms with Gasteiger partial charge in [0.2, 0.25) is 6.29 Å². The molecule has 1 aliphatic heterocycles. The van der Waals surface area contributed by atoms with Gasteiger partial charge in [-0.1, -0.05) is 6.07 Å². The van der Waals surface area contributed by atoms with Crippen molar-refractivity contribution in [2.45, 2.75) is 18.8 Å². The molecule has 0 spiro atoms. The lowest BCUT2D eigenvalue weighted by molar-refractivity contribution is -0.275. The molecular weight excluding hydrogens is 266 g/mol. The van der Waals surface area contributed by atoms with Crippen LogP contribution in [0, 0.1) is 5.82 Å². The highest BCUT2D eigenvalue weighted by molar-refractivity contribution is 5.63. The fraction of sp³-hybridized carbons (Fsp3) is 0.417. The third kappa shape index (κ3) is 3.23. The summed E-state index contributed by atoms with van der Waals surface area (Å²) in [6.45, 7) is 1.32. The maximum atomic E-state index is 13.2. The SMILES string of the molecule is O=[C]C(c1ccc(F)c(OC(F)(F)F)c1)N1CCC1. The van der Waals surface area contributed by atoms with Crippen LogP contribution in [0.2, 0.25) is 0 Å². The van der Waals surface area contributed by atoms with Crippen molar-refractivity contribution >= 4 is 6.29 Å². The molecule has 1 aliphatic rings. The van der Waals surface area contributed by atoms with Crippen LogP contribution < -0.4 is 4.74 Å². The Bertz CT molecular complexity index is 471. The van der Waals surface area contributed by atoms with Gasteiger partial charge < -0.3 is 4.74 Å². The molecule has 2 rings (SSSR count). The second-order valence-electron chi connectivity index (χ2n) is 4.15. The molecule has 1 radical (unpaired) electrons. The van der Waals surface area contributed by atoms with Gasteiger partial charge in [-0.3, -0.25) is 9.69 Å². The number of nitrogens with zero attached hydrogens (tertiary/aromatic N) is 1. The Morgan fingerprint density at radius 3 is 2.47 bits per heavy atom. The number of ether oxygens (including phenoxy) is 1. The summed E-state index contributed by atoms with van der Waals surface area (Å²) in [6.07, 6.45) is -2.32. The van der Waals surface area contributed by atoms with Crippen LogP contribution in [-0.2, 0) is 4.79 Å². The Hall–Kier alpha value is -1.63. The zero-order chi connectivity index (χ0) is 14.0. The summed E-state index contributed by atoms with van der Waals surface area (Å²) >= 11 is 0. The van der Waals surface area contributed by atoms with Crippen molar-refractivity contribution < 1.29 is 27.1 Å². The zero-order valence-corrected chi connectivity index (χ0v) is 9.71. The van der Waals surface area contributed by atoms with Crippen molar-refractivity contribution in [1.29, 1.82) is 0 Å². The average molecular weight is 276 g/mol. The molecule has 1 atom stereocenters. The number of likely N-dealkylation sites (tertiary alicyclic amines) is 1. The molecule has 1 aromatic rings. The number of hydrogen-bond donors (Lipinski definition) is 0. The van der Waals surface area contributed by atoms with E-state index in [4.69, 9.17) is 0 Å². The van der Waals surface area contributed by atoms with Gasteiger partial charge in [0.1, 0.15) is 6.04 Å². The monoisotopic (exact) mass is 276 g/mol. The van der Waals surface area contributed by atoms with E-state index in [-0.39, 0.29) is 5.56 Å². The number of halogens is 4. The standard InChI is InChI=1S/C12H10F4NO2/c13-9-3-2-8(6-11(9)19-12(14,15)16)10(7-18)17-4-1-5-17/h2-3,6,10H,1,4-5H2. The van der Waals surface area contributed by atoms with Gasteiger partial charge in [-0.2, -0.15) is 0 Å². The van der Waals surface area contributed by atoms with E-state index in [0.29, 0.717) is 13.1 Å². The maximum Gasteiger partial charge on any atom is 0.573 e. The number of alkyl halides is 3. The Kier molecular flexibility index (Phi) is 3.75. The average Bonchev–Trinajstić information content (AvgIpc) is 2.24. The molecule has 0 aromatic heterocycles. The van der Waals surface area contributed by atoms with Gasteiger partial charge in [0.25, 0.3) is 0 Å². The first-order chi connectivity index (χ1) is 8.90. The van der Waals surface area contributed by atoms with E-state index in [0.717, 1.165) is 18.6 Å². The van der Waals surface area contributed by atoms with E-state index in [1.807, 2.05) is 0 Å². The smallest absolute Gasteiger partial charge is 0.403 e. The third-order valence-corrected chi connectivity index (χ3v) is 2.86. The lowest BCUT2D eigenvalue weighted by atomic mass is 10.0. The number of rotatable bonds is 4. The van der Waals surface area contributed by atoms with Crippen LogP contribution in [0.15, 0.2) is 18.2 Å². The third-order valence-electron chi connectivity index (χ3n) is 2.86. The van der Waals surface area contributed by atoms with E-state index in [9.17, 15) is 22.4 Å². The largest absolute Gasteiger partial charge is 0.573 e. The van der Waals surface area contributed by atoms with Gasteiger partial charge in [-0.25, -0.2) is 4.39 Å². The second kappa shape index (κ2) is 5.16. The Morgan fingerprint density at radius 2 is 2.00 bits per heavy atom. The molecule has 3 nitrogen and oxygen atoms in total. The quantitative estimate of drug-likeness (QED) is 0.792. The predicted octanol–water partition coefficient (Wildman–Crippen LogP) is 2.58. The summed E-state index contributed by atoms with van der Waals surface area (Å²) in [6, 6.07) is 2.20. The van der Waals surface area contributed by atoms with Crippen molar-refractivity contribution in [2.75, 3.05) is 13.1 Å². The summed E-state index contributed by atoms with van der Waals surface area (Å²) in [5.41, 5.74) is 0.232. The van der Waals surface area contributed by atoms with Crippen LogP contribution >= 0.6 is 0 Å². The molecule has 1 unspecified atom stereocenters. The highest BCUT2D eigenvalue weighted by Crippen LogP contribution is 2.31. The summed E-state index contributed by atoms with van der Waals surface area (Å²) in [5, 5.41) is 0. The predicted molar refractivity (Wildman–Crippen MR) is 57.7 cm³/mol. The van der Waals surface area contributed by atoms with E-state index >= 15 is 0 Å². The van der Waals surface area contributed by atoms with E-state index in [2.05, 4.69) is 4.74 Å². The Balaban J connectivity index is 2.26.